The van der Waals surface area contributed by atoms with Crippen LogP contribution in [0.25, 0.3) is 0 Å². The number of aromatic nitrogens is 1. The van der Waals surface area contributed by atoms with Crippen molar-refractivity contribution < 1.29 is 4.79 Å². The maximum atomic E-state index is 12.5. The number of pyridine rings is 1. The molecule has 1 aromatic carbocycles. The lowest BCUT2D eigenvalue weighted by atomic mass is 10.1. The fourth-order valence-corrected chi connectivity index (χ4v) is 2.07. The molecule has 4 heteroatoms. The molecule has 0 aliphatic heterocycles. The van der Waals surface area contributed by atoms with Crippen LogP contribution in [0.2, 0.25) is 0 Å². The van der Waals surface area contributed by atoms with Crippen LogP contribution < -0.4 is 5.73 Å². The number of hydrogen-bond acceptors (Lipinski definition) is 3. The molecular weight excluding hydrogens is 250 g/mol. The average molecular weight is 269 g/mol. The van der Waals surface area contributed by atoms with Crippen molar-refractivity contribution in [3.63, 3.8) is 0 Å². The molecule has 0 saturated carbocycles. The predicted molar refractivity (Wildman–Crippen MR) is 80.2 cm³/mol. The van der Waals surface area contributed by atoms with Gasteiger partial charge in [-0.05, 0) is 37.1 Å². The van der Waals surface area contributed by atoms with E-state index in [2.05, 4.69) is 4.98 Å². The highest BCUT2D eigenvalue weighted by Gasteiger charge is 2.15. The van der Waals surface area contributed by atoms with Gasteiger partial charge in [-0.25, -0.2) is 0 Å². The first-order chi connectivity index (χ1) is 9.61. The van der Waals surface area contributed by atoms with E-state index in [-0.39, 0.29) is 5.91 Å². The van der Waals surface area contributed by atoms with Crippen LogP contribution in [-0.2, 0) is 6.54 Å². The van der Waals surface area contributed by atoms with E-state index in [1.165, 1.54) is 0 Å². The summed E-state index contributed by atoms with van der Waals surface area (Å²) in [6.07, 6.45) is 3.34. The summed E-state index contributed by atoms with van der Waals surface area (Å²) in [5.74, 6) is -0.0213. The van der Waals surface area contributed by atoms with Gasteiger partial charge in [0.05, 0.1) is 5.56 Å². The van der Waals surface area contributed by atoms with Crippen LogP contribution in [0.4, 0.5) is 5.69 Å². The first-order valence-electron chi connectivity index (χ1n) is 6.66. The average Bonchev–Trinajstić information content (AvgIpc) is 2.46. The molecule has 2 aromatic rings. The fourth-order valence-electron chi connectivity index (χ4n) is 2.07. The van der Waals surface area contributed by atoms with Gasteiger partial charge in [0, 0.05) is 31.2 Å². The normalized spacial score (nSPS) is 10.3. The molecule has 0 fully saturated rings. The maximum Gasteiger partial charge on any atom is 0.255 e. The molecule has 0 radical (unpaired) electrons. The number of carbonyl (C=O) groups excluding carboxylic acids is 1. The topological polar surface area (TPSA) is 59.2 Å². The monoisotopic (exact) mass is 269 g/mol. The quantitative estimate of drug-likeness (QED) is 0.868. The molecule has 20 heavy (non-hydrogen) atoms. The number of nitrogens with zero attached hydrogens (tertiary/aromatic N) is 2. The lowest BCUT2D eigenvalue weighted by Gasteiger charge is -2.22. The molecule has 1 heterocycles. The maximum absolute atomic E-state index is 12.5. The molecule has 2 N–H and O–H groups in total. The van der Waals surface area contributed by atoms with Crippen LogP contribution in [0.15, 0.2) is 42.7 Å². The summed E-state index contributed by atoms with van der Waals surface area (Å²) in [6.45, 7) is 5.02. The Labute approximate surface area is 119 Å². The Morgan fingerprint density at radius 1 is 1.30 bits per heavy atom. The minimum Gasteiger partial charge on any atom is -0.398 e. The number of para-hydroxylation sites is 1. The largest absolute Gasteiger partial charge is 0.398 e. The van der Waals surface area contributed by atoms with E-state index in [4.69, 9.17) is 5.73 Å². The summed E-state index contributed by atoms with van der Waals surface area (Å²) >= 11 is 0. The van der Waals surface area contributed by atoms with Crippen molar-refractivity contribution in [2.75, 3.05) is 12.3 Å². The Morgan fingerprint density at radius 2 is 2.05 bits per heavy atom. The number of benzene rings is 1. The predicted octanol–water partition coefficient (Wildman–Crippen LogP) is 2.63. The zero-order valence-electron chi connectivity index (χ0n) is 11.8. The van der Waals surface area contributed by atoms with Gasteiger partial charge in [0.2, 0.25) is 0 Å². The van der Waals surface area contributed by atoms with E-state index in [1.54, 1.807) is 17.3 Å². The lowest BCUT2D eigenvalue weighted by molar-refractivity contribution is 0.0752. The van der Waals surface area contributed by atoms with Crippen molar-refractivity contribution in [2.45, 2.75) is 20.4 Å². The molecule has 0 aliphatic rings. The minimum atomic E-state index is -0.0213. The van der Waals surface area contributed by atoms with Gasteiger partial charge in [-0.2, -0.15) is 0 Å². The summed E-state index contributed by atoms with van der Waals surface area (Å²) < 4.78 is 0. The number of rotatable bonds is 4. The second-order valence-corrected chi connectivity index (χ2v) is 4.77. The highest BCUT2D eigenvalue weighted by Crippen LogP contribution is 2.15. The van der Waals surface area contributed by atoms with E-state index < -0.39 is 0 Å². The third-order valence-electron chi connectivity index (χ3n) is 3.21. The number of anilines is 1. The van der Waals surface area contributed by atoms with E-state index in [9.17, 15) is 4.79 Å². The summed E-state index contributed by atoms with van der Waals surface area (Å²) in [6, 6.07) is 9.47. The molecule has 1 amide bonds. The van der Waals surface area contributed by atoms with Gasteiger partial charge in [-0.1, -0.05) is 18.2 Å². The first kappa shape index (κ1) is 14.1. The minimum absolute atomic E-state index is 0.0213. The number of nitrogens with two attached hydrogens (primary N) is 1. The molecule has 0 unspecified atom stereocenters. The standard InChI is InChI=1S/C16H19N3O/c1-3-19(11-13-6-4-5-7-15(13)17)16(20)14-8-12(2)9-18-10-14/h4-10H,3,11,17H2,1-2H3. The Morgan fingerprint density at radius 3 is 2.70 bits per heavy atom. The van der Waals surface area contributed by atoms with Crippen LogP contribution in [0, 0.1) is 6.92 Å². The third kappa shape index (κ3) is 3.15. The first-order valence-corrected chi connectivity index (χ1v) is 6.66. The van der Waals surface area contributed by atoms with Crippen LogP contribution in [-0.4, -0.2) is 22.3 Å². The fraction of sp³-hybridized carbons (Fsp3) is 0.250. The molecule has 4 nitrogen and oxygen atoms in total. The summed E-state index contributed by atoms with van der Waals surface area (Å²) in [7, 11) is 0. The molecule has 0 saturated heterocycles. The molecule has 0 atom stereocenters. The van der Waals surface area contributed by atoms with Crippen LogP contribution >= 0.6 is 0 Å². The number of carbonyl (C=O) groups is 1. The zero-order chi connectivity index (χ0) is 14.5. The van der Waals surface area contributed by atoms with Gasteiger partial charge >= 0.3 is 0 Å². The van der Waals surface area contributed by atoms with Crippen molar-refractivity contribution >= 4 is 11.6 Å². The van der Waals surface area contributed by atoms with Gasteiger partial charge < -0.3 is 10.6 Å². The second-order valence-electron chi connectivity index (χ2n) is 4.77. The highest BCUT2D eigenvalue weighted by molar-refractivity contribution is 5.94. The van der Waals surface area contributed by atoms with E-state index in [1.807, 2.05) is 44.2 Å². The number of nitrogen functional groups attached to an aromatic ring is 1. The second kappa shape index (κ2) is 6.19. The molecule has 0 aliphatic carbocycles. The van der Waals surface area contributed by atoms with E-state index in [0.717, 1.165) is 11.1 Å². The van der Waals surface area contributed by atoms with Gasteiger partial charge in [0.1, 0.15) is 0 Å². The summed E-state index contributed by atoms with van der Waals surface area (Å²) in [4.78, 5) is 18.3. The SMILES string of the molecule is CCN(Cc1ccccc1N)C(=O)c1cncc(C)c1. The van der Waals surface area contributed by atoms with Crippen molar-refractivity contribution in [1.29, 1.82) is 0 Å². The van der Waals surface area contributed by atoms with Gasteiger partial charge in [0.25, 0.3) is 5.91 Å². The molecular formula is C16H19N3O. The van der Waals surface area contributed by atoms with Crippen molar-refractivity contribution in [3.05, 3.63) is 59.4 Å². The Balaban J connectivity index is 2.20. The zero-order valence-corrected chi connectivity index (χ0v) is 11.8. The highest BCUT2D eigenvalue weighted by atomic mass is 16.2. The van der Waals surface area contributed by atoms with Crippen molar-refractivity contribution in [2.24, 2.45) is 0 Å². The number of hydrogen-bond donors (Lipinski definition) is 1. The lowest BCUT2D eigenvalue weighted by Crippen LogP contribution is -2.30. The Bertz CT molecular complexity index is 610. The molecule has 1 aromatic heterocycles. The molecule has 104 valence electrons. The summed E-state index contributed by atoms with van der Waals surface area (Å²) in [5, 5.41) is 0. The van der Waals surface area contributed by atoms with Gasteiger partial charge in [-0.3, -0.25) is 9.78 Å². The summed E-state index contributed by atoms with van der Waals surface area (Å²) in [5.41, 5.74) is 9.20. The van der Waals surface area contributed by atoms with Gasteiger partial charge in [0.15, 0.2) is 0 Å². The smallest absolute Gasteiger partial charge is 0.255 e. The molecule has 0 bridgehead atoms. The molecule has 0 spiro atoms. The van der Waals surface area contributed by atoms with Gasteiger partial charge in [-0.15, -0.1) is 0 Å². The van der Waals surface area contributed by atoms with Crippen LogP contribution in [0.3, 0.4) is 0 Å². The Hall–Kier alpha value is -2.36. The van der Waals surface area contributed by atoms with E-state index in [0.29, 0.717) is 24.3 Å². The van der Waals surface area contributed by atoms with E-state index >= 15 is 0 Å². The van der Waals surface area contributed by atoms with Crippen LogP contribution in [0.5, 0.6) is 0 Å². The van der Waals surface area contributed by atoms with Crippen LogP contribution in [0.1, 0.15) is 28.4 Å². The van der Waals surface area contributed by atoms with Crippen molar-refractivity contribution in [3.8, 4) is 0 Å². The third-order valence-corrected chi connectivity index (χ3v) is 3.21. The Kier molecular flexibility index (Phi) is 4.35. The molecule has 2 rings (SSSR count). The number of aryl methyl sites for hydroxylation is 1. The van der Waals surface area contributed by atoms with Crippen molar-refractivity contribution in [1.82, 2.24) is 9.88 Å². The number of amides is 1.